The van der Waals surface area contributed by atoms with Crippen LogP contribution in [0.3, 0.4) is 0 Å². The number of amides is 2. The third-order valence-corrected chi connectivity index (χ3v) is 6.78. The van der Waals surface area contributed by atoms with Gasteiger partial charge in [0.25, 0.3) is 5.91 Å². The maximum atomic E-state index is 12.9. The molecule has 0 radical (unpaired) electrons. The standard InChI is InChI=1S/C25H24ClN3O4S/c1-2-3-14-33-24(32)16-6-10-18(11-7-16)27-23(31)19-12-13-20-21(19)28-25(34-20)29-22(30)15-4-8-17(26)9-5-15/h4-11,19H,2-3,12-14H2,1H3,(H,27,31)(H,28,29,30). The number of hydrogen-bond donors (Lipinski definition) is 2. The van der Waals surface area contributed by atoms with Crippen LogP contribution in [0.2, 0.25) is 5.02 Å². The molecule has 1 atom stereocenters. The minimum Gasteiger partial charge on any atom is -0.462 e. The molecule has 1 unspecified atom stereocenters. The van der Waals surface area contributed by atoms with Gasteiger partial charge in [-0.2, -0.15) is 0 Å². The highest BCUT2D eigenvalue weighted by Gasteiger charge is 2.33. The van der Waals surface area contributed by atoms with Gasteiger partial charge in [-0.1, -0.05) is 24.9 Å². The molecule has 1 aromatic heterocycles. The van der Waals surface area contributed by atoms with E-state index in [4.69, 9.17) is 16.3 Å². The minimum atomic E-state index is -0.397. The Hall–Kier alpha value is -3.23. The molecule has 0 aliphatic heterocycles. The second kappa shape index (κ2) is 10.8. The molecule has 3 aromatic rings. The number of aromatic nitrogens is 1. The van der Waals surface area contributed by atoms with Crippen LogP contribution in [0.1, 0.15) is 63.4 Å². The van der Waals surface area contributed by atoms with E-state index < -0.39 is 5.92 Å². The lowest BCUT2D eigenvalue weighted by atomic mass is 10.1. The smallest absolute Gasteiger partial charge is 0.338 e. The molecule has 176 valence electrons. The molecular formula is C25H24ClN3O4S. The van der Waals surface area contributed by atoms with Crippen molar-refractivity contribution < 1.29 is 19.1 Å². The van der Waals surface area contributed by atoms with Gasteiger partial charge in [-0.15, -0.1) is 11.3 Å². The lowest BCUT2D eigenvalue weighted by molar-refractivity contribution is -0.117. The van der Waals surface area contributed by atoms with E-state index in [1.807, 2.05) is 6.92 Å². The topological polar surface area (TPSA) is 97.4 Å². The first-order chi connectivity index (χ1) is 16.4. The Bertz CT molecular complexity index is 1190. The monoisotopic (exact) mass is 497 g/mol. The van der Waals surface area contributed by atoms with Crippen LogP contribution >= 0.6 is 22.9 Å². The van der Waals surface area contributed by atoms with Gasteiger partial charge in [0.2, 0.25) is 5.91 Å². The maximum Gasteiger partial charge on any atom is 0.338 e. The number of rotatable bonds is 8. The average Bonchev–Trinajstić information content (AvgIpc) is 3.40. The second-order valence-electron chi connectivity index (χ2n) is 7.94. The molecule has 0 bridgehead atoms. The van der Waals surface area contributed by atoms with Crippen LogP contribution in [0, 0.1) is 0 Å². The molecule has 0 spiro atoms. The molecule has 2 amide bonds. The van der Waals surface area contributed by atoms with Crippen molar-refractivity contribution in [2.75, 3.05) is 17.2 Å². The summed E-state index contributed by atoms with van der Waals surface area (Å²) in [4.78, 5) is 42.9. The van der Waals surface area contributed by atoms with Gasteiger partial charge in [-0.25, -0.2) is 9.78 Å². The largest absolute Gasteiger partial charge is 0.462 e. The lowest BCUT2D eigenvalue weighted by Crippen LogP contribution is -2.20. The van der Waals surface area contributed by atoms with Crippen LogP contribution < -0.4 is 10.6 Å². The minimum absolute atomic E-state index is 0.169. The number of fused-ring (bicyclic) bond motifs is 1. The predicted octanol–water partition coefficient (Wildman–Crippen LogP) is 5.67. The fourth-order valence-electron chi connectivity index (χ4n) is 3.62. The number of nitrogens with one attached hydrogen (secondary N) is 2. The van der Waals surface area contributed by atoms with Crippen molar-refractivity contribution in [3.05, 3.63) is 75.3 Å². The Morgan fingerprint density at radius 3 is 2.47 bits per heavy atom. The third-order valence-electron chi connectivity index (χ3n) is 5.48. The first kappa shape index (κ1) is 23.9. The SMILES string of the molecule is CCCCOC(=O)c1ccc(NC(=O)C2CCc3sc(NC(=O)c4ccc(Cl)cc4)nc32)cc1. The van der Waals surface area contributed by atoms with E-state index in [0.29, 0.717) is 45.7 Å². The molecule has 1 heterocycles. The van der Waals surface area contributed by atoms with Crippen molar-refractivity contribution in [1.82, 2.24) is 4.98 Å². The van der Waals surface area contributed by atoms with Crippen LogP contribution in [0.25, 0.3) is 0 Å². The Kier molecular flexibility index (Phi) is 7.59. The molecule has 7 nitrogen and oxygen atoms in total. The second-order valence-corrected chi connectivity index (χ2v) is 9.46. The van der Waals surface area contributed by atoms with Crippen molar-refractivity contribution in [2.45, 2.75) is 38.5 Å². The van der Waals surface area contributed by atoms with Gasteiger partial charge >= 0.3 is 5.97 Å². The molecule has 0 saturated heterocycles. The molecule has 1 aliphatic rings. The van der Waals surface area contributed by atoms with E-state index in [0.717, 1.165) is 24.1 Å². The summed E-state index contributed by atoms with van der Waals surface area (Å²) in [5.74, 6) is -1.22. The number of nitrogens with zero attached hydrogens (tertiary/aromatic N) is 1. The molecule has 34 heavy (non-hydrogen) atoms. The van der Waals surface area contributed by atoms with Crippen molar-refractivity contribution in [3.8, 4) is 0 Å². The van der Waals surface area contributed by atoms with Gasteiger partial charge in [0.05, 0.1) is 23.8 Å². The molecule has 0 fully saturated rings. The summed E-state index contributed by atoms with van der Waals surface area (Å²) in [6.07, 6.45) is 3.17. The number of anilines is 2. The molecule has 2 aromatic carbocycles. The van der Waals surface area contributed by atoms with Gasteiger partial charge in [0.1, 0.15) is 0 Å². The van der Waals surface area contributed by atoms with E-state index in [1.54, 1.807) is 48.5 Å². The average molecular weight is 498 g/mol. The summed E-state index contributed by atoms with van der Waals surface area (Å²) < 4.78 is 5.20. The van der Waals surface area contributed by atoms with Crippen LogP contribution in [0.5, 0.6) is 0 Å². The number of hydrogen-bond acceptors (Lipinski definition) is 6. The number of halogens is 1. The Balaban J connectivity index is 1.37. The number of thiazole rings is 1. The number of benzene rings is 2. The molecule has 2 N–H and O–H groups in total. The summed E-state index contributed by atoms with van der Waals surface area (Å²) in [6.45, 7) is 2.43. The molecule has 4 rings (SSSR count). The number of esters is 1. The Labute approximate surface area is 206 Å². The summed E-state index contributed by atoms with van der Waals surface area (Å²) in [5.41, 5.74) is 2.21. The third kappa shape index (κ3) is 5.63. The van der Waals surface area contributed by atoms with E-state index in [9.17, 15) is 14.4 Å². The fourth-order valence-corrected chi connectivity index (χ4v) is 4.78. The van der Waals surface area contributed by atoms with Crippen molar-refractivity contribution in [1.29, 1.82) is 0 Å². The first-order valence-electron chi connectivity index (χ1n) is 11.1. The zero-order valence-corrected chi connectivity index (χ0v) is 20.2. The number of carbonyl (C=O) groups excluding carboxylic acids is 3. The summed E-state index contributed by atoms with van der Waals surface area (Å²) in [7, 11) is 0. The number of ether oxygens (including phenoxy) is 1. The van der Waals surface area contributed by atoms with E-state index in [-0.39, 0.29) is 17.8 Å². The molecular weight excluding hydrogens is 474 g/mol. The number of carbonyl (C=O) groups is 3. The maximum absolute atomic E-state index is 12.9. The highest BCUT2D eigenvalue weighted by Crippen LogP contribution is 2.39. The van der Waals surface area contributed by atoms with Crippen LogP contribution in [-0.4, -0.2) is 29.4 Å². The normalized spacial score (nSPS) is 14.4. The number of aryl methyl sites for hydroxylation is 1. The molecule has 1 aliphatic carbocycles. The lowest BCUT2D eigenvalue weighted by Gasteiger charge is -2.11. The Morgan fingerprint density at radius 1 is 1.06 bits per heavy atom. The van der Waals surface area contributed by atoms with Crippen LogP contribution in [0.4, 0.5) is 10.8 Å². The highest BCUT2D eigenvalue weighted by atomic mass is 35.5. The van der Waals surface area contributed by atoms with Crippen LogP contribution in [-0.2, 0) is 16.0 Å². The first-order valence-corrected chi connectivity index (χ1v) is 12.3. The van der Waals surface area contributed by atoms with E-state index in [2.05, 4.69) is 15.6 Å². The van der Waals surface area contributed by atoms with E-state index >= 15 is 0 Å². The van der Waals surface area contributed by atoms with E-state index in [1.165, 1.54) is 11.3 Å². The fraction of sp³-hybridized carbons (Fsp3) is 0.280. The van der Waals surface area contributed by atoms with Crippen molar-refractivity contribution in [2.24, 2.45) is 0 Å². The summed E-state index contributed by atoms with van der Waals surface area (Å²) in [6, 6.07) is 13.2. The quantitative estimate of drug-likeness (QED) is 0.308. The van der Waals surface area contributed by atoms with Crippen molar-refractivity contribution in [3.63, 3.8) is 0 Å². The van der Waals surface area contributed by atoms with Gasteiger partial charge < -0.3 is 10.1 Å². The summed E-state index contributed by atoms with van der Waals surface area (Å²) >= 11 is 7.26. The highest BCUT2D eigenvalue weighted by molar-refractivity contribution is 7.16. The van der Waals surface area contributed by atoms with Gasteiger partial charge in [-0.05, 0) is 67.8 Å². The van der Waals surface area contributed by atoms with Gasteiger partial charge in [-0.3, -0.25) is 14.9 Å². The number of unbranched alkanes of at least 4 members (excludes halogenated alkanes) is 1. The van der Waals surface area contributed by atoms with Crippen LogP contribution in [0.15, 0.2) is 48.5 Å². The molecule has 0 saturated carbocycles. The molecule has 9 heteroatoms. The van der Waals surface area contributed by atoms with Crippen molar-refractivity contribution >= 4 is 51.5 Å². The Morgan fingerprint density at radius 2 is 1.76 bits per heavy atom. The zero-order valence-electron chi connectivity index (χ0n) is 18.6. The predicted molar refractivity (Wildman–Crippen MR) is 133 cm³/mol. The van der Waals surface area contributed by atoms with Gasteiger partial charge in [0.15, 0.2) is 5.13 Å². The zero-order chi connectivity index (χ0) is 24.1. The van der Waals surface area contributed by atoms with Gasteiger partial charge in [0, 0.05) is 21.2 Å². The summed E-state index contributed by atoms with van der Waals surface area (Å²) in [5, 5.41) is 6.72.